The van der Waals surface area contributed by atoms with Crippen molar-refractivity contribution in [3.05, 3.63) is 53.1 Å². The van der Waals surface area contributed by atoms with Crippen molar-refractivity contribution >= 4 is 28.4 Å². The third kappa shape index (κ3) is 2.42. The lowest BCUT2D eigenvalue weighted by Crippen LogP contribution is -1.98. The van der Waals surface area contributed by atoms with Crippen LogP contribution in [0.15, 0.2) is 42.5 Å². The van der Waals surface area contributed by atoms with Gasteiger partial charge in [-0.05, 0) is 48.9 Å². The van der Waals surface area contributed by atoms with Gasteiger partial charge in [0.1, 0.15) is 11.3 Å². The van der Waals surface area contributed by atoms with Crippen LogP contribution in [0.25, 0.3) is 16.7 Å². The highest BCUT2D eigenvalue weighted by Gasteiger charge is 2.08. The fourth-order valence-corrected chi connectivity index (χ4v) is 2.26. The summed E-state index contributed by atoms with van der Waals surface area (Å²) in [6, 6.07) is 13.1. The van der Waals surface area contributed by atoms with Crippen LogP contribution >= 0.6 is 11.6 Å². The normalized spacial score (nSPS) is 10.9. The molecular weight excluding hydrogens is 274 g/mol. The molecule has 100 valence electrons. The zero-order valence-electron chi connectivity index (χ0n) is 10.9. The SMILES string of the molecule is CC(=O)Cc1ccc2nnn(-c3ccc(Cl)cc3)c2c1. The summed E-state index contributed by atoms with van der Waals surface area (Å²) in [5.41, 5.74) is 3.53. The van der Waals surface area contributed by atoms with Crippen LogP contribution in [0.2, 0.25) is 5.02 Å². The molecule has 2 aromatic carbocycles. The Kier molecular flexibility index (Phi) is 3.24. The number of fused-ring (bicyclic) bond motifs is 1. The topological polar surface area (TPSA) is 47.8 Å². The van der Waals surface area contributed by atoms with Crippen LogP contribution in [0.1, 0.15) is 12.5 Å². The van der Waals surface area contributed by atoms with Crippen molar-refractivity contribution in [3.8, 4) is 5.69 Å². The molecule has 0 saturated heterocycles. The molecule has 0 spiro atoms. The Balaban J connectivity index is 2.11. The number of carbonyl (C=O) groups excluding carboxylic acids is 1. The van der Waals surface area contributed by atoms with Crippen LogP contribution in [0, 0.1) is 0 Å². The molecule has 5 heteroatoms. The highest BCUT2D eigenvalue weighted by atomic mass is 35.5. The van der Waals surface area contributed by atoms with Crippen LogP contribution in [0.5, 0.6) is 0 Å². The van der Waals surface area contributed by atoms with Gasteiger partial charge in [0.25, 0.3) is 0 Å². The number of Topliss-reactive ketones (excluding diaryl/α,β-unsaturated/α-hetero) is 1. The second-order valence-corrected chi connectivity index (χ2v) is 5.12. The molecule has 0 aliphatic heterocycles. The second kappa shape index (κ2) is 5.06. The molecule has 0 aliphatic rings. The Bertz CT molecular complexity index is 777. The summed E-state index contributed by atoms with van der Waals surface area (Å²) in [6.07, 6.45) is 0.418. The molecule has 0 fully saturated rings. The summed E-state index contributed by atoms with van der Waals surface area (Å²) in [7, 11) is 0. The quantitative estimate of drug-likeness (QED) is 0.742. The number of hydrogen-bond acceptors (Lipinski definition) is 3. The highest BCUT2D eigenvalue weighted by Crippen LogP contribution is 2.19. The minimum Gasteiger partial charge on any atom is -0.300 e. The molecule has 0 bridgehead atoms. The van der Waals surface area contributed by atoms with E-state index in [1.807, 2.05) is 42.5 Å². The van der Waals surface area contributed by atoms with E-state index in [0.29, 0.717) is 11.4 Å². The largest absolute Gasteiger partial charge is 0.300 e. The van der Waals surface area contributed by atoms with Crippen LogP contribution in [0.3, 0.4) is 0 Å². The van der Waals surface area contributed by atoms with Gasteiger partial charge in [-0.15, -0.1) is 5.10 Å². The maximum absolute atomic E-state index is 11.2. The van der Waals surface area contributed by atoms with Gasteiger partial charge < -0.3 is 0 Å². The van der Waals surface area contributed by atoms with Gasteiger partial charge in [-0.2, -0.15) is 0 Å². The fourth-order valence-electron chi connectivity index (χ4n) is 2.13. The van der Waals surface area contributed by atoms with Gasteiger partial charge in [0.05, 0.1) is 11.2 Å². The summed E-state index contributed by atoms with van der Waals surface area (Å²) in [5.74, 6) is 0.134. The third-order valence-corrected chi connectivity index (χ3v) is 3.29. The number of benzene rings is 2. The number of aromatic nitrogens is 3. The average Bonchev–Trinajstić information content (AvgIpc) is 2.82. The lowest BCUT2D eigenvalue weighted by molar-refractivity contribution is -0.116. The highest BCUT2D eigenvalue weighted by molar-refractivity contribution is 6.30. The van der Waals surface area contributed by atoms with Crippen LogP contribution in [-0.4, -0.2) is 20.8 Å². The molecule has 3 aromatic rings. The lowest BCUT2D eigenvalue weighted by atomic mass is 10.1. The molecular formula is C15H12ClN3O. The van der Waals surface area contributed by atoms with Crippen molar-refractivity contribution < 1.29 is 4.79 Å². The Morgan fingerprint density at radius 2 is 1.95 bits per heavy atom. The van der Waals surface area contributed by atoms with Crippen molar-refractivity contribution in [1.82, 2.24) is 15.0 Å². The van der Waals surface area contributed by atoms with Gasteiger partial charge in [0.15, 0.2) is 0 Å². The van der Waals surface area contributed by atoms with Crippen LogP contribution in [0.4, 0.5) is 0 Å². The molecule has 0 saturated carbocycles. The van der Waals surface area contributed by atoms with E-state index in [1.165, 1.54) is 0 Å². The maximum atomic E-state index is 11.2. The minimum absolute atomic E-state index is 0.134. The number of rotatable bonds is 3. The van der Waals surface area contributed by atoms with Gasteiger partial charge in [0.2, 0.25) is 0 Å². The third-order valence-electron chi connectivity index (χ3n) is 3.03. The van der Waals surface area contributed by atoms with Crippen LogP contribution in [-0.2, 0) is 11.2 Å². The Labute approximate surface area is 121 Å². The average molecular weight is 286 g/mol. The minimum atomic E-state index is 0.134. The van der Waals surface area contributed by atoms with E-state index in [9.17, 15) is 4.79 Å². The van der Waals surface area contributed by atoms with E-state index in [1.54, 1.807) is 11.6 Å². The van der Waals surface area contributed by atoms with E-state index in [-0.39, 0.29) is 5.78 Å². The Morgan fingerprint density at radius 1 is 1.20 bits per heavy atom. The van der Waals surface area contributed by atoms with Crippen LogP contribution < -0.4 is 0 Å². The molecule has 1 heterocycles. The van der Waals surface area contributed by atoms with E-state index >= 15 is 0 Å². The van der Waals surface area contributed by atoms with Gasteiger partial charge in [0, 0.05) is 11.4 Å². The van der Waals surface area contributed by atoms with E-state index in [4.69, 9.17) is 11.6 Å². The molecule has 0 N–H and O–H groups in total. The zero-order valence-corrected chi connectivity index (χ0v) is 11.6. The first-order chi connectivity index (χ1) is 9.63. The van der Waals surface area contributed by atoms with Crippen molar-refractivity contribution in [3.63, 3.8) is 0 Å². The number of ketones is 1. The molecule has 0 aliphatic carbocycles. The second-order valence-electron chi connectivity index (χ2n) is 4.68. The van der Waals surface area contributed by atoms with E-state index in [0.717, 1.165) is 22.3 Å². The Morgan fingerprint density at radius 3 is 2.65 bits per heavy atom. The summed E-state index contributed by atoms with van der Waals surface area (Å²) in [6.45, 7) is 1.58. The standard InChI is InChI=1S/C15H12ClN3O/c1-10(20)8-11-2-7-14-15(9-11)19(18-17-14)13-5-3-12(16)4-6-13/h2-7,9H,8H2,1H3. The number of carbonyl (C=O) groups is 1. The first-order valence-corrected chi connectivity index (χ1v) is 6.61. The van der Waals surface area contributed by atoms with Crippen molar-refractivity contribution in [1.29, 1.82) is 0 Å². The zero-order chi connectivity index (χ0) is 14.1. The molecule has 1 aromatic heterocycles. The molecule has 0 radical (unpaired) electrons. The number of hydrogen-bond donors (Lipinski definition) is 0. The number of halogens is 1. The lowest BCUT2D eigenvalue weighted by Gasteiger charge is -2.03. The summed E-state index contributed by atoms with van der Waals surface area (Å²) >= 11 is 5.89. The first-order valence-electron chi connectivity index (χ1n) is 6.23. The molecule has 20 heavy (non-hydrogen) atoms. The monoisotopic (exact) mass is 285 g/mol. The Hall–Kier alpha value is -2.20. The fraction of sp³-hybridized carbons (Fsp3) is 0.133. The van der Waals surface area contributed by atoms with Gasteiger partial charge in [-0.3, -0.25) is 4.79 Å². The van der Waals surface area contributed by atoms with E-state index < -0.39 is 0 Å². The van der Waals surface area contributed by atoms with Gasteiger partial charge in [-0.25, -0.2) is 4.68 Å². The summed E-state index contributed by atoms with van der Waals surface area (Å²) in [4.78, 5) is 11.2. The molecule has 0 unspecified atom stereocenters. The smallest absolute Gasteiger partial charge is 0.134 e. The predicted octanol–water partition coefficient (Wildman–Crippen LogP) is 3.21. The predicted molar refractivity (Wildman–Crippen MR) is 78.3 cm³/mol. The van der Waals surface area contributed by atoms with Crippen molar-refractivity contribution in [2.45, 2.75) is 13.3 Å². The molecule has 0 atom stereocenters. The number of nitrogens with zero attached hydrogens (tertiary/aromatic N) is 3. The molecule has 3 rings (SSSR count). The van der Waals surface area contributed by atoms with Crippen molar-refractivity contribution in [2.24, 2.45) is 0 Å². The summed E-state index contributed by atoms with van der Waals surface area (Å²) < 4.78 is 1.75. The van der Waals surface area contributed by atoms with Gasteiger partial charge in [-0.1, -0.05) is 22.9 Å². The molecule has 4 nitrogen and oxygen atoms in total. The molecule has 0 amide bonds. The maximum Gasteiger partial charge on any atom is 0.134 e. The first kappa shape index (κ1) is 12.8. The van der Waals surface area contributed by atoms with Crippen molar-refractivity contribution in [2.75, 3.05) is 0 Å². The van der Waals surface area contributed by atoms with Gasteiger partial charge >= 0.3 is 0 Å². The van der Waals surface area contributed by atoms with E-state index in [2.05, 4.69) is 10.3 Å². The summed E-state index contributed by atoms with van der Waals surface area (Å²) in [5, 5.41) is 8.96.